The number of nitrogens with zero attached hydrogens (tertiary/aromatic N) is 3. The van der Waals surface area contributed by atoms with Gasteiger partial charge < -0.3 is 5.32 Å². The van der Waals surface area contributed by atoms with Gasteiger partial charge in [0.25, 0.3) is 5.91 Å². The molecule has 108 valence electrons. The largest absolute Gasteiger partial charge is 0.341 e. The van der Waals surface area contributed by atoms with Crippen molar-refractivity contribution < 1.29 is 4.79 Å². The van der Waals surface area contributed by atoms with Crippen LogP contribution in [0.15, 0.2) is 73.3 Å². The van der Waals surface area contributed by atoms with E-state index in [1.165, 1.54) is 12.4 Å². The van der Waals surface area contributed by atoms with E-state index in [1.807, 2.05) is 42.5 Å². The number of nitrogens with one attached hydrogen (secondary N) is 1. The summed E-state index contributed by atoms with van der Waals surface area (Å²) in [6.07, 6.45) is 6.37. The van der Waals surface area contributed by atoms with Crippen LogP contribution in [-0.2, 0) is 0 Å². The van der Waals surface area contributed by atoms with Crippen molar-refractivity contribution in [1.82, 2.24) is 20.5 Å². The fraction of sp³-hybridized carbons (Fsp3) is 0.0588. The zero-order chi connectivity index (χ0) is 15.2. The van der Waals surface area contributed by atoms with Gasteiger partial charge in [0, 0.05) is 12.4 Å². The molecule has 0 unspecified atom stereocenters. The number of hydrogen-bond donors (Lipinski definition) is 1. The van der Waals surface area contributed by atoms with Gasteiger partial charge >= 0.3 is 0 Å². The molecule has 0 spiro atoms. The highest BCUT2D eigenvalue weighted by Crippen LogP contribution is 2.21. The number of amides is 1. The highest BCUT2D eigenvalue weighted by atomic mass is 16.1. The second-order valence-electron chi connectivity index (χ2n) is 4.73. The lowest BCUT2D eigenvalue weighted by Crippen LogP contribution is -2.29. The highest BCUT2D eigenvalue weighted by molar-refractivity contribution is 5.94. The average molecular weight is 290 g/mol. The van der Waals surface area contributed by atoms with Crippen LogP contribution in [0.3, 0.4) is 0 Å². The van der Waals surface area contributed by atoms with Gasteiger partial charge in [-0.1, -0.05) is 30.3 Å². The molecule has 0 radical (unpaired) electrons. The SMILES string of the molecule is O=C(N[C@@H](c1ccccc1)c1ccncc1)c1ccnnc1. The Kier molecular flexibility index (Phi) is 4.15. The molecule has 0 aliphatic heterocycles. The summed E-state index contributed by atoms with van der Waals surface area (Å²) < 4.78 is 0. The Morgan fingerprint density at radius 1 is 0.864 bits per heavy atom. The van der Waals surface area contributed by atoms with Crippen LogP contribution < -0.4 is 5.32 Å². The van der Waals surface area contributed by atoms with E-state index in [9.17, 15) is 4.79 Å². The minimum Gasteiger partial charge on any atom is -0.341 e. The number of aromatic nitrogens is 3. The summed E-state index contributed by atoms with van der Waals surface area (Å²) in [7, 11) is 0. The summed E-state index contributed by atoms with van der Waals surface area (Å²) in [6.45, 7) is 0. The minimum atomic E-state index is -0.245. The first-order valence-corrected chi connectivity index (χ1v) is 6.87. The second-order valence-corrected chi connectivity index (χ2v) is 4.73. The summed E-state index contributed by atoms with van der Waals surface area (Å²) in [5, 5.41) is 10.5. The average Bonchev–Trinajstić information content (AvgIpc) is 2.62. The highest BCUT2D eigenvalue weighted by Gasteiger charge is 2.17. The van der Waals surface area contributed by atoms with Gasteiger partial charge in [-0.2, -0.15) is 10.2 Å². The molecular weight excluding hydrogens is 276 g/mol. The van der Waals surface area contributed by atoms with E-state index in [0.717, 1.165) is 11.1 Å². The molecule has 0 saturated heterocycles. The maximum absolute atomic E-state index is 12.4. The van der Waals surface area contributed by atoms with E-state index in [1.54, 1.807) is 18.5 Å². The Hall–Kier alpha value is -3.08. The molecule has 0 aliphatic rings. The predicted octanol–water partition coefficient (Wildman–Crippen LogP) is 2.39. The quantitative estimate of drug-likeness (QED) is 0.801. The molecule has 3 aromatic rings. The smallest absolute Gasteiger partial charge is 0.253 e. The zero-order valence-electron chi connectivity index (χ0n) is 11.8. The number of hydrogen-bond acceptors (Lipinski definition) is 4. The van der Waals surface area contributed by atoms with E-state index in [-0.39, 0.29) is 11.9 Å². The number of rotatable bonds is 4. The molecule has 5 nitrogen and oxygen atoms in total. The molecule has 1 aromatic carbocycles. The monoisotopic (exact) mass is 290 g/mol. The third-order valence-electron chi connectivity index (χ3n) is 3.29. The van der Waals surface area contributed by atoms with Gasteiger partial charge in [0.1, 0.15) is 0 Å². The van der Waals surface area contributed by atoms with E-state index < -0.39 is 0 Å². The van der Waals surface area contributed by atoms with Crippen molar-refractivity contribution in [2.75, 3.05) is 0 Å². The standard InChI is InChI=1S/C17H14N4O/c22-17(15-8-11-19-20-12-15)21-16(13-4-2-1-3-5-13)14-6-9-18-10-7-14/h1-12,16H,(H,21,22)/t16-/m0/s1. The lowest BCUT2D eigenvalue weighted by molar-refractivity contribution is 0.0942. The Bertz CT molecular complexity index is 693. The number of carbonyl (C=O) groups is 1. The lowest BCUT2D eigenvalue weighted by Gasteiger charge is -2.19. The van der Waals surface area contributed by atoms with Gasteiger partial charge in [0.15, 0.2) is 0 Å². The molecule has 0 saturated carbocycles. The van der Waals surface area contributed by atoms with Gasteiger partial charge in [-0.05, 0) is 29.3 Å². The fourth-order valence-electron chi connectivity index (χ4n) is 2.20. The molecule has 5 heteroatoms. The first-order valence-electron chi connectivity index (χ1n) is 6.87. The Labute approximate surface area is 128 Å². The van der Waals surface area contributed by atoms with Gasteiger partial charge in [-0.25, -0.2) is 0 Å². The summed E-state index contributed by atoms with van der Waals surface area (Å²) in [6, 6.07) is 15.0. The summed E-state index contributed by atoms with van der Waals surface area (Å²) in [4.78, 5) is 16.4. The van der Waals surface area contributed by atoms with Crippen LogP contribution >= 0.6 is 0 Å². The third kappa shape index (κ3) is 3.15. The maximum atomic E-state index is 12.4. The van der Waals surface area contributed by atoms with Crippen LogP contribution in [0.25, 0.3) is 0 Å². The van der Waals surface area contributed by atoms with Crippen molar-refractivity contribution in [3.63, 3.8) is 0 Å². The van der Waals surface area contributed by atoms with Crippen molar-refractivity contribution in [3.8, 4) is 0 Å². The van der Waals surface area contributed by atoms with Crippen molar-refractivity contribution >= 4 is 5.91 Å². The molecule has 22 heavy (non-hydrogen) atoms. The topological polar surface area (TPSA) is 67.8 Å². The number of benzene rings is 1. The fourth-order valence-corrected chi connectivity index (χ4v) is 2.20. The molecule has 1 amide bonds. The second kappa shape index (κ2) is 6.58. The van der Waals surface area contributed by atoms with Crippen LogP contribution in [0.5, 0.6) is 0 Å². The van der Waals surface area contributed by atoms with Crippen molar-refractivity contribution in [1.29, 1.82) is 0 Å². The molecule has 3 rings (SSSR count). The summed E-state index contributed by atoms with van der Waals surface area (Å²) >= 11 is 0. The van der Waals surface area contributed by atoms with Crippen LogP contribution in [0, 0.1) is 0 Å². The van der Waals surface area contributed by atoms with Gasteiger partial charge in [0.2, 0.25) is 0 Å². The van der Waals surface area contributed by atoms with Crippen LogP contribution in [0.2, 0.25) is 0 Å². The summed E-state index contributed by atoms with van der Waals surface area (Å²) in [5.41, 5.74) is 2.45. The summed E-state index contributed by atoms with van der Waals surface area (Å²) in [5.74, 6) is -0.194. The Morgan fingerprint density at radius 2 is 1.59 bits per heavy atom. The van der Waals surface area contributed by atoms with Crippen molar-refractivity contribution in [3.05, 3.63) is 90.0 Å². The molecule has 0 fully saturated rings. The molecular formula is C17H14N4O. The predicted molar refractivity (Wildman–Crippen MR) is 82.0 cm³/mol. The molecule has 0 aliphatic carbocycles. The van der Waals surface area contributed by atoms with Crippen LogP contribution in [-0.4, -0.2) is 21.1 Å². The molecule has 2 aromatic heterocycles. The Morgan fingerprint density at radius 3 is 2.27 bits per heavy atom. The number of carbonyl (C=O) groups excluding carboxylic acids is 1. The third-order valence-corrected chi connectivity index (χ3v) is 3.29. The van der Waals surface area contributed by atoms with E-state index in [2.05, 4.69) is 20.5 Å². The van der Waals surface area contributed by atoms with Gasteiger partial charge in [0.05, 0.1) is 24.0 Å². The molecule has 2 heterocycles. The minimum absolute atomic E-state index is 0.194. The lowest BCUT2D eigenvalue weighted by atomic mass is 9.99. The normalized spacial score (nSPS) is 11.6. The molecule has 1 N–H and O–H groups in total. The van der Waals surface area contributed by atoms with Crippen LogP contribution in [0.4, 0.5) is 0 Å². The van der Waals surface area contributed by atoms with Crippen molar-refractivity contribution in [2.24, 2.45) is 0 Å². The van der Waals surface area contributed by atoms with Crippen LogP contribution in [0.1, 0.15) is 27.5 Å². The van der Waals surface area contributed by atoms with Gasteiger partial charge in [-0.3, -0.25) is 9.78 Å². The first kappa shape index (κ1) is 13.9. The van der Waals surface area contributed by atoms with E-state index in [0.29, 0.717) is 5.56 Å². The van der Waals surface area contributed by atoms with Gasteiger partial charge in [-0.15, -0.1) is 0 Å². The van der Waals surface area contributed by atoms with E-state index >= 15 is 0 Å². The number of pyridine rings is 1. The maximum Gasteiger partial charge on any atom is 0.253 e. The van der Waals surface area contributed by atoms with E-state index in [4.69, 9.17) is 0 Å². The molecule has 1 atom stereocenters. The Balaban J connectivity index is 1.91. The van der Waals surface area contributed by atoms with Crippen molar-refractivity contribution in [2.45, 2.75) is 6.04 Å². The first-order chi connectivity index (χ1) is 10.8. The molecule has 0 bridgehead atoms. The zero-order valence-corrected chi connectivity index (χ0v) is 11.8.